The lowest BCUT2D eigenvalue weighted by Crippen LogP contribution is -2.14. The summed E-state index contributed by atoms with van der Waals surface area (Å²) in [5, 5.41) is 2.87. The molecule has 2 rings (SSSR count). The van der Waals surface area contributed by atoms with Crippen molar-refractivity contribution in [2.75, 3.05) is 12.4 Å². The Balaban J connectivity index is 2.23. The Bertz CT molecular complexity index is 735. The summed E-state index contributed by atoms with van der Waals surface area (Å²) in [5.41, 5.74) is 2.38. The van der Waals surface area contributed by atoms with Crippen molar-refractivity contribution in [3.63, 3.8) is 0 Å². The summed E-state index contributed by atoms with van der Waals surface area (Å²) in [5.74, 6) is -0.874. The standard InChI is InChI=1S/C17H17F2NO2S/c1-10-7-14(19)16(8-11(10)2)22-9-12-13(18)5-4-6-15(12)20-17(23)21-3/h4-8H,9H2,1-3H3,(H,20,23). The van der Waals surface area contributed by atoms with Crippen molar-refractivity contribution in [2.45, 2.75) is 20.5 Å². The first kappa shape index (κ1) is 17.1. The molecule has 122 valence electrons. The minimum absolute atomic E-state index is 0.0802. The van der Waals surface area contributed by atoms with Gasteiger partial charge in [-0.05, 0) is 61.5 Å². The first-order valence-corrected chi connectivity index (χ1v) is 7.35. The number of hydrogen-bond acceptors (Lipinski definition) is 3. The molecule has 2 aromatic carbocycles. The van der Waals surface area contributed by atoms with Crippen LogP contribution in [0.15, 0.2) is 30.3 Å². The Morgan fingerprint density at radius 2 is 1.83 bits per heavy atom. The van der Waals surface area contributed by atoms with E-state index in [1.807, 2.05) is 13.8 Å². The fourth-order valence-corrected chi connectivity index (χ4v) is 2.11. The Labute approximate surface area is 139 Å². The highest BCUT2D eigenvalue weighted by Gasteiger charge is 2.13. The average molecular weight is 337 g/mol. The van der Waals surface area contributed by atoms with Crippen LogP contribution in [0.4, 0.5) is 14.5 Å². The molecule has 6 heteroatoms. The van der Waals surface area contributed by atoms with E-state index in [1.165, 1.54) is 25.3 Å². The summed E-state index contributed by atoms with van der Waals surface area (Å²) in [6.45, 7) is 3.53. The summed E-state index contributed by atoms with van der Waals surface area (Å²) in [4.78, 5) is 0. The monoisotopic (exact) mass is 337 g/mol. The van der Waals surface area contributed by atoms with Crippen LogP contribution in [-0.2, 0) is 11.3 Å². The van der Waals surface area contributed by atoms with E-state index in [1.54, 1.807) is 12.1 Å². The maximum atomic E-state index is 14.1. The van der Waals surface area contributed by atoms with Gasteiger partial charge in [-0.25, -0.2) is 8.78 Å². The molecular weight excluding hydrogens is 320 g/mol. The highest BCUT2D eigenvalue weighted by atomic mass is 32.1. The number of ether oxygens (including phenoxy) is 2. The normalized spacial score (nSPS) is 10.3. The van der Waals surface area contributed by atoms with Crippen LogP contribution in [0.1, 0.15) is 16.7 Å². The number of hydrogen-bond donors (Lipinski definition) is 1. The van der Waals surface area contributed by atoms with Crippen LogP contribution in [0, 0.1) is 25.5 Å². The fraction of sp³-hybridized carbons (Fsp3) is 0.235. The molecule has 0 spiro atoms. The van der Waals surface area contributed by atoms with Crippen LogP contribution in [0.3, 0.4) is 0 Å². The van der Waals surface area contributed by atoms with E-state index in [9.17, 15) is 8.78 Å². The Kier molecular flexibility index (Phi) is 5.50. The van der Waals surface area contributed by atoms with Gasteiger partial charge in [0, 0.05) is 5.56 Å². The number of rotatable bonds is 4. The van der Waals surface area contributed by atoms with E-state index in [4.69, 9.17) is 21.7 Å². The summed E-state index contributed by atoms with van der Waals surface area (Å²) in [7, 11) is 1.41. The largest absolute Gasteiger partial charge is 0.486 e. The number of anilines is 1. The Morgan fingerprint density at radius 1 is 1.13 bits per heavy atom. The maximum Gasteiger partial charge on any atom is 0.260 e. The third-order valence-electron chi connectivity index (χ3n) is 3.46. The van der Waals surface area contributed by atoms with Gasteiger partial charge in [0.05, 0.1) is 12.8 Å². The SMILES string of the molecule is COC(=S)Nc1cccc(F)c1COc1cc(C)c(C)cc1F. The fourth-order valence-electron chi connectivity index (χ4n) is 2.00. The van der Waals surface area contributed by atoms with Crippen molar-refractivity contribution in [1.29, 1.82) is 0 Å². The minimum atomic E-state index is -0.480. The minimum Gasteiger partial charge on any atom is -0.486 e. The van der Waals surface area contributed by atoms with Gasteiger partial charge < -0.3 is 14.8 Å². The summed E-state index contributed by atoms with van der Waals surface area (Å²) >= 11 is 4.91. The highest BCUT2D eigenvalue weighted by molar-refractivity contribution is 7.80. The van der Waals surface area contributed by atoms with Gasteiger partial charge in [-0.15, -0.1) is 0 Å². The van der Waals surface area contributed by atoms with Gasteiger partial charge in [-0.1, -0.05) is 6.07 Å². The first-order valence-electron chi connectivity index (χ1n) is 6.94. The number of aryl methyl sites for hydroxylation is 2. The predicted octanol–water partition coefficient (Wildman–Crippen LogP) is 4.50. The molecule has 0 unspecified atom stereocenters. The number of nitrogens with one attached hydrogen (secondary N) is 1. The van der Waals surface area contributed by atoms with Crippen LogP contribution in [0.2, 0.25) is 0 Å². The predicted molar refractivity (Wildman–Crippen MR) is 89.8 cm³/mol. The van der Waals surface area contributed by atoms with Gasteiger partial charge in [-0.3, -0.25) is 0 Å². The molecule has 0 aliphatic heterocycles. The van der Waals surface area contributed by atoms with Crippen LogP contribution >= 0.6 is 12.2 Å². The second-order valence-corrected chi connectivity index (χ2v) is 5.41. The molecule has 0 heterocycles. The lowest BCUT2D eigenvalue weighted by Gasteiger charge is -2.14. The van der Waals surface area contributed by atoms with Gasteiger partial charge in [0.25, 0.3) is 5.17 Å². The van der Waals surface area contributed by atoms with Gasteiger partial charge in [-0.2, -0.15) is 0 Å². The quantitative estimate of drug-likeness (QED) is 0.832. The van der Waals surface area contributed by atoms with E-state index in [0.29, 0.717) is 5.69 Å². The van der Waals surface area contributed by atoms with E-state index in [-0.39, 0.29) is 23.1 Å². The average Bonchev–Trinajstić information content (AvgIpc) is 2.51. The molecule has 0 aromatic heterocycles. The van der Waals surface area contributed by atoms with E-state index in [2.05, 4.69) is 5.32 Å². The number of methoxy groups -OCH3 is 1. The summed E-state index contributed by atoms with van der Waals surface area (Å²) in [6, 6.07) is 7.47. The second kappa shape index (κ2) is 7.37. The van der Waals surface area contributed by atoms with Gasteiger partial charge in [0.15, 0.2) is 11.6 Å². The number of thiocarbonyl (C=S) groups is 1. The van der Waals surface area contributed by atoms with Gasteiger partial charge in [0.1, 0.15) is 12.4 Å². The lowest BCUT2D eigenvalue weighted by atomic mass is 10.1. The van der Waals surface area contributed by atoms with Crippen molar-refractivity contribution in [2.24, 2.45) is 0 Å². The molecule has 23 heavy (non-hydrogen) atoms. The molecule has 2 aromatic rings. The third kappa shape index (κ3) is 4.16. The van der Waals surface area contributed by atoms with Gasteiger partial charge >= 0.3 is 0 Å². The van der Waals surface area contributed by atoms with Crippen molar-refractivity contribution in [3.05, 3.63) is 58.7 Å². The first-order chi connectivity index (χ1) is 10.9. The Hall–Kier alpha value is -2.21. The number of benzene rings is 2. The maximum absolute atomic E-state index is 14.1. The topological polar surface area (TPSA) is 30.5 Å². The molecule has 3 nitrogen and oxygen atoms in total. The zero-order valence-corrected chi connectivity index (χ0v) is 13.9. The molecule has 0 radical (unpaired) electrons. The van der Waals surface area contributed by atoms with Crippen molar-refractivity contribution in [1.82, 2.24) is 0 Å². The summed E-state index contributed by atoms with van der Waals surface area (Å²) < 4.78 is 38.3. The molecule has 1 N–H and O–H groups in total. The molecule has 0 fully saturated rings. The van der Waals surface area contributed by atoms with Crippen LogP contribution in [0.5, 0.6) is 5.75 Å². The lowest BCUT2D eigenvalue weighted by molar-refractivity contribution is 0.285. The van der Waals surface area contributed by atoms with Crippen LogP contribution in [-0.4, -0.2) is 12.3 Å². The second-order valence-electron chi connectivity index (χ2n) is 5.04. The molecule has 0 atom stereocenters. The van der Waals surface area contributed by atoms with E-state index >= 15 is 0 Å². The van der Waals surface area contributed by atoms with E-state index in [0.717, 1.165) is 11.1 Å². The van der Waals surface area contributed by atoms with Crippen LogP contribution < -0.4 is 10.1 Å². The van der Waals surface area contributed by atoms with Crippen molar-refractivity contribution in [3.8, 4) is 5.75 Å². The number of halogens is 2. The molecule has 0 saturated heterocycles. The third-order valence-corrected chi connectivity index (χ3v) is 3.73. The van der Waals surface area contributed by atoms with E-state index < -0.39 is 11.6 Å². The molecule has 0 saturated carbocycles. The smallest absolute Gasteiger partial charge is 0.260 e. The van der Waals surface area contributed by atoms with Crippen molar-refractivity contribution >= 4 is 23.1 Å². The molecule has 0 bridgehead atoms. The van der Waals surface area contributed by atoms with Crippen LogP contribution in [0.25, 0.3) is 0 Å². The zero-order valence-electron chi connectivity index (χ0n) is 13.1. The zero-order chi connectivity index (χ0) is 17.0. The van der Waals surface area contributed by atoms with Crippen molar-refractivity contribution < 1.29 is 18.3 Å². The Morgan fingerprint density at radius 3 is 2.52 bits per heavy atom. The molecule has 0 aliphatic carbocycles. The van der Waals surface area contributed by atoms with Gasteiger partial charge in [0.2, 0.25) is 0 Å². The summed E-state index contributed by atoms with van der Waals surface area (Å²) in [6.07, 6.45) is 0. The highest BCUT2D eigenvalue weighted by Crippen LogP contribution is 2.25. The molecule has 0 aliphatic rings. The molecule has 0 amide bonds. The molecular formula is C17H17F2NO2S.